The summed E-state index contributed by atoms with van der Waals surface area (Å²) >= 11 is 3.37. The molecule has 2 aromatic rings. The van der Waals surface area contributed by atoms with Crippen LogP contribution in [-0.2, 0) is 4.79 Å². The van der Waals surface area contributed by atoms with Crippen molar-refractivity contribution in [1.29, 1.82) is 0 Å². The second-order valence-corrected chi connectivity index (χ2v) is 5.61. The first kappa shape index (κ1) is 14.8. The van der Waals surface area contributed by atoms with Crippen molar-refractivity contribution in [3.63, 3.8) is 0 Å². The quantitative estimate of drug-likeness (QED) is 0.868. The molecule has 0 saturated heterocycles. The summed E-state index contributed by atoms with van der Waals surface area (Å²) in [4.78, 5) is 11.9. The molecule has 0 heterocycles. The van der Waals surface area contributed by atoms with Crippen molar-refractivity contribution in [2.45, 2.75) is 13.0 Å². The Hall–Kier alpha value is -1.65. The van der Waals surface area contributed by atoms with E-state index in [4.69, 9.17) is 0 Å². The average Bonchev–Trinajstić information content (AvgIpc) is 2.48. The molecule has 4 heteroatoms. The molecule has 0 unspecified atom stereocenters. The van der Waals surface area contributed by atoms with Gasteiger partial charge in [-0.05, 0) is 31.2 Å². The topological polar surface area (TPSA) is 45.7 Å². The summed E-state index contributed by atoms with van der Waals surface area (Å²) in [6, 6.07) is 18.0. The minimum atomic E-state index is 0.00936. The lowest BCUT2D eigenvalue weighted by Crippen LogP contribution is -2.86. The molecule has 0 spiro atoms. The number of carbonyl (C=O) groups is 1. The lowest BCUT2D eigenvalue weighted by molar-refractivity contribution is -0.682. The number of hydrogen-bond donors (Lipinski definition) is 2. The minimum absolute atomic E-state index is 0.00936. The maximum atomic E-state index is 11.9. The zero-order valence-electron chi connectivity index (χ0n) is 11.3. The molecule has 20 heavy (non-hydrogen) atoms. The van der Waals surface area contributed by atoms with Crippen LogP contribution in [0, 0.1) is 0 Å². The zero-order chi connectivity index (χ0) is 14.4. The Morgan fingerprint density at radius 1 is 1.15 bits per heavy atom. The number of rotatable bonds is 5. The third-order valence-electron chi connectivity index (χ3n) is 3.11. The summed E-state index contributed by atoms with van der Waals surface area (Å²) in [6.07, 6.45) is 0. The summed E-state index contributed by atoms with van der Waals surface area (Å²) in [7, 11) is 0. The molecule has 1 atom stereocenters. The molecular formula is C16H18BrN2O+. The number of amides is 1. The van der Waals surface area contributed by atoms with Gasteiger partial charge in [0, 0.05) is 15.7 Å². The SMILES string of the molecule is C[C@@H]([NH2+]CC(=O)Nc1ccc(Br)cc1)c1ccccc1. The maximum Gasteiger partial charge on any atom is 0.279 e. The Morgan fingerprint density at radius 2 is 1.80 bits per heavy atom. The molecule has 1 amide bonds. The highest BCUT2D eigenvalue weighted by Gasteiger charge is 2.11. The molecule has 0 saturated carbocycles. The van der Waals surface area contributed by atoms with E-state index < -0.39 is 0 Å². The van der Waals surface area contributed by atoms with Crippen LogP contribution in [0.4, 0.5) is 5.69 Å². The summed E-state index contributed by atoms with van der Waals surface area (Å²) in [5.41, 5.74) is 2.04. The van der Waals surface area contributed by atoms with Crippen molar-refractivity contribution in [2.24, 2.45) is 0 Å². The van der Waals surface area contributed by atoms with E-state index in [1.807, 2.05) is 47.8 Å². The first-order valence-electron chi connectivity index (χ1n) is 6.59. The highest BCUT2D eigenvalue weighted by Crippen LogP contribution is 2.13. The molecule has 0 aliphatic heterocycles. The first-order valence-corrected chi connectivity index (χ1v) is 7.38. The van der Waals surface area contributed by atoms with Crippen LogP contribution in [0.3, 0.4) is 0 Å². The van der Waals surface area contributed by atoms with E-state index >= 15 is 0 Å². The van der Waals surface area contributed by atoms with Gasteiger partial charge in [0.1, 0.15) is 6.04 Å². The Balaban J connectivity index is 1.82. The number of nitrogens with two attached hydrogens (primary N) is 1. The van der Waals surface area contributed by atoms with Gasteiger partial charge in [-0.1, -0.05) is 46.3 Å². The van der Waals surface area contributed by atoms with Gasteiger partial charge >= 0.3 is 0 Å². The molecule has 2 aromatic carbocycles. The highest BCUT2D eigenvalue weighted by atomic mass is 79.9. The number of hydrogen-bond acceptors (Lipinski definition) is 1. The molecule has 2 rings (SSSR count). The van der Waals surface area contributed by atoms with E-state index in [9.17, 15) is 4.79 Å². The average molecular weight is 334 g/mol. The van der Waals surface area contributed by atoms with Crippen LogP contribution >= 0.6 is 15.9 Å². The van der Waals surface area contributed by atoms with Crippen LogP contribution < -0.4 is 10.6 Å². The maximum absolute atomic E-state index is 11.9. The predicted octanol–water partition coefficient (Wildman–Crippen LogP) is 2.71. The van der Waals surface area contributed by atoms with Crippen LogP contribution in [0.25, 0.3) is 0 Å². The summed E-state index contributed by atoms with van der Waals surface area (Å²) < 4.78 is 1.000. The fourth-order valence-electron chi connectivity index (χ4n) is 1.92. The van der Waals surface area contributed by atoms with Crippen molar-refractivity contribution in [3.05, 3.63) is 64.6 Å². The molecule has 0 radical (unpaired) electrons. The number of anilines is 1. The van der Waals surface area contributed by atoms with Crippen molar-refractivity contribution >= 4 is 27.5 Å². The number of carbonyl (C=O) groups excluding carboxylic acids is 1. The van der Waals surface area contributed by atoms with Gasteiger partial charge in [0.25, 0.3) is 5.91 Å². The number of halogens is 1. The Morgan fingerprint density at radius 3 is 2.45 bits per heavy atom. The van der Waals surface area contributed by atoms with Gasteiger partial charge in [-0.3, -0.25) is 4.79 Å². The fraction of sp³-hybridized carbons (Fsp3) is 0.188. The Bertz CT molecular complexity index is 554. The van der Waals surface area contributed by atoms with E-state index in [1.54, 1.807) is 0 Å². The van der Waals surface area contributed by atoms with E-state index in [0.29, 0.717) is 6.54 Å². The van der Waals surface area contributed by atoms with E-state index in [-0.39, 0.29) is 11.9 Å². The van der Waals surface area contributed by atoms with Gasteiger partial charge in [-0.15, -0.1) is 0 Å². The normalized spacial score (nSPS) is 11.9. The zero-order valence-corrected chi connectivity index (χ0v) is 12.9. The van der Waals surface area contributed by atoms with Crippen molar-refractivity contribution in [1.82, 2.24) is 0 Å². The van der Waals surface area contributed by atoms with E-state index in [0.717, 1.165) is 10.2 Å². The number of benzene rings is 2. The molecule has 0 aliphatic carbocycles. The molecule has 0 fully saturated rings. The Labute approximate surface area is 127 Å². The van der Waals surface area contributed by atoms with Crippen LogP contribution in [0.5, 0.6) is 0 Å². The van der Waals surface area contributed by atoms with E-state index in [1.165, 1.54) is 5.56 Å². The molecule has 104 valence electrons. The minimum Gasteiger partial charge on any atom is -0.333 e. The van der Waals surface area contributed by atoms with Crippen LogP contribution in [0.1, 0.15) is 18.5 Å². The van der Waals surface area contributed by atoms with Crippen molar-refractivity contribution in [3.8, 4) is 0 Å². The largest absolute Gasteiger partial charge is 0.333 e. The standard InChI is InChI=1S/C16H17BrN2O/c1-12(13-5-3-2-4-6-13)18-11-16(20)19-15-9-7-14(17)8-10-15/h2-10,12,18H,11H2,1H3,(H,19,20)/p+1/t12-/m1/s1. The van der Waals surface area contributed by atoms with Gasteiger partial charge in [0.2, 0.25) is 0 Å². The molecule has 3 nitrogen and oxygen atoms in total. The molecular weight excluding hydrogens is 316 g/mol. The third-order valence-corrected chi connectivity index (χ3v) is 3.64. The summed E-state index contributed by atoms with van der Waals surface area (Å²) in [5, 5.41) is 4.92. The highest BCUT2D eigenvalue weighted by molar-refractivity contribution is 9.10. The third kappa shape index (κ3) is 4.47. The molecule has 0 aromatic heterocycles. The van der Waals surface area contributed by atoms with Crippen molar-refractivity contribution < 1.29 is 10.1 Å². The number of nitrogens with one attached hydrogen (secondary N) is 1. The summed E-state index contributed by atoms with van der Waals surface area (Å²) in [6.45, 7) is 2.51. The van der Waals surface area contributed by atoms with E-state index in [2.05, 4.69) is 40.3 Å². The fourth-order valence-corrected chi connectivity index (χ4v) is 2.19. The van der Waals surface area contributed by atoms with Gasteiger partial charge in [0.05, 0.1) is 0 Å². The van der Waals surface area contributed by atoms with Gasteiger partial charge in [-0.2, -0.15) is 0 Å². The molecule has 0 bridgehead atoms. The van der Waals surface area contributed by atoms with Crippen LogP contribution in [0.2, 0.25) is 0 Å². The van der Waals surface area contributed by atoms with Crippen LogP contribution in [-0.4, -0.2) is 12.5 Å². The van der Waals surface area contributed by atoms with Crippen LogP contribution in [0.15, 0.2) is 59.1 Å². The van der Waals surface area contributed by atoms with Gasteiger partial charge in [0.15, 0.2) is 6.54 Å². The van der Waals surface area contributed by atoms with Gasteiger partial charge < -0.3 is 10.6 Å². The van der Waals surface area contributed by atoms with Gasteiger partial charge in [-0.25, -0.2) is 0 Å². The molecule has 3 N–H and O–H groups in total. The smallest absolute Gasteiger partial charge is 0.279 e. The Kier molecular flexibility index (Phi) is 5.32. The second-order valence-electron chi connectivity index (χ2n) is 4.69. The predicted molar refractivity (Wildman–Crippen MR) is 84.4 cm³/mol. The second kappa shape index (κ2) is 7.22. The lowest BCUT2D eigenvalue weighted by Gasteiger charge is -2.11. The lowest BCUT2D eigenvalue weighted by atomic mass is 10.1. The molecule has 0 aliphatic rings. The summed E-state index contributed by atoms with van der Waals surface area (Å²) in [5.74, 6) is 0.00936. The first-order chi connectivity index (χ1) is 9.65. The monoisotopic (exact) mass is 333 g/mol. The van der Waals surface area contributed by atoms with Crippen molar-refractivity contribution in [2.75, 3.05) is 11.9 Å². The number of quaternary nitrogens is 1.